The molecule has 0 saturated heterocycles. The fraction of sp³-hybridized carbons (Fsp3) is 0.571. The summed E-state index contributed by atoms with van der Waals surface area (Å²) in [4.78, 5) is 10.6. The maximum Gasteiger partial charge on any atom is 0.155 e. The topological polar surface area (TPSA) is 17.1 Å². The molecular weight excluding hydrogens is 100 g/mol. The number of hydrogen-bond donors (Lipinski definition) is 0. The van der Waals surface area contributed by atoms with Gasteiger partial charge in [-0.3, -0.25) is 4.79 Å². The minimum Gasteiger partial charge on any atom is -0.295 e. The van der Waals surface area contributed by atoms with Crippen LogP contribution in [0.5, 0.6) is 0 Å². The van der Waals surface area contributed by atoms with Gasteiger partial charge in [-0.2, -0.15) is 0 Å². The number of carbonyl (C=O) groups excluding carboxylic acids is 1. The summed E-state index contributed by atoms with van der Waals surface area (Å²) >= 11 is 0. The van der Waals surface area contributed by atoms with E-state index in [4.69, 9.17) is 0 Å². The minimum absolute atomic E-state index is 0.281. The van der Waals surface area contributed by atoms with Crippen LogP contribution in [0, 0.1) is 5.92 Å². The highest BCUT2D eigenvalue weighted by Gasteiger charge is 2.08. The lowest BCUT2D eigenvalue weighted by molar-refractivity contribution is -0.115. The van der Waals surface area contributed by atoms with E-state index < -0.39 is 0 Å². The van der Waals surface area contributed by atoms with Gasteiger partial charge in [-0.05, 0) is 18.4 Å². The Morgan fingerprint density at radius 3 is 2.88 bits per heavy atom. The fourth-order valence-corrected chi connectivity index (χ4v) is 0.927. The van der Waals surface area contributed by atoms with E-state index >= 15 is 0 Å². The third-order valence-electron chi connectivity index (χ3n) is 1.39. The molecule has 0 amide bonds. The summed E-state index contributed by atoms with van der Waals surface area (Å²) in [7, 11) is 0. The van der Waals surface area contributed by atoms with Crippen LogP contribution in [-0.2, 0) is 4.79 Å². The molecule has 1 atom stereocenters. The smallest absolute Gasteiger partial charge is 0.155 e. The highest BCUT2D eigenvalue weighted by atomic mass is 16.1. The largest absolute Gasteiger partial charge is 0.295 e. The predicted molar refractivity (Wildman–Crippen MR) is 32.5 cm³/mol. The zero-order valence-electron chi connectivity index (χ0n) is 5.05. The van der Waals surface area contributed by atoms with Gasteiger partial charge in [-0.1, -0.05) is 13.0 Å². The number of ketones is 1. The van der Waals surface area contributed by atoms with Gasteiger partial charge in [-0.15, -0.1) is 0 Å². The van der Waals surface area contributed by atoms with Crippen LogP contribution in [0.2, 0.25) is 0 Å². The Labute approximate surface area is 49.4 Å². The summed E-state index contributed by atoms with van der Waals surface area (Å²) in [5.74, 6) is 0.858. The zero-order chi connectivity index (χ0) is 5.98. The Morgan fingerprint density at radius 1 is 1.75 bits per heavy atom. The molecule has 0 bridgehead atoms. The Bertz CT molecular complexity index is 124. The van der Waals surface area contributed by atoms with E-state index in [0.717, 1.165) is 12.8 Å². The van der Waals surface area contributed by atoms with Crippen molar-refractivity contribution in [2.24, 2.45) is 5.92 Å². The molecule has 44 valence electrons. The van der Waals surface area contributed by atoms with Gasteiger partial charge < -0.3 is 0 Å². The molecule has 0 aromatic heterocycles. The molecule has 1 nitrogen and oxygen atoms in total. The molecule has 0 N–H and O–H groups in total. The van der Waals surface area contributed by atoms with Crippen molar-refractivity contribution < 1.29 is 4.79 Å². The van der Waals surface area contributed by atoms with E-state index in [2.05, 4.69) is 6.92 Å². The molecule has 1 rings (SSSR count). The normalized spacial score (nSPS) is 28.6. The number of allylic oxidation sites excluding steroid dienone is 2. The summed E-state index contributed by atoms with van der Waals surface area (Å²) in [6, 6.07) is 0. The maximum atomic E-state index is 10.6. The van der Waals surface area contributed by atoms with Crippen molar-refractivity contribution in [2.75, 3.05) is 0 Å². The second-order valence-corrected chi connectivity index (χ2v) is 2.41. The summed E-state index contributed by atoms with van der Waals surface area (Å²) < 4.78 is 0. The Kier molecular flexibility index (Phi) is 1.47. The molecule has 1 aliphatic rings. The fourth-order valence-electron chi connectivity index (χ4n) is 0.927. The Morgan fingerprint density at radius 2 is 2.50 bits per heavy atom. The third-order valence-corrected chi connectivity index (χ3v) is 1.39. The maximum absolute atomic E-state index is 10.6. The molecule has 0 aliphatic heterocycles. The second kappa shape index (κ2) is 2.12. The van der Waals surface area contributed by atoms with Gasteiger partial charge in [0, 0.05) is 6.42 Å². The Balaban J connectivity index is 2.54. The molecule has 0 heterocycles. The molecule has 0 spiro atoms. The molecular formula is C7H10O. The predicted octanol–water partition coefficient (Wildman–Crippen LogP) is 1.54. The van der Waals surface area contributed by atoms with Gasteiger partial charge in [0.15, 0.2) is 5.78 Å². The van der Waals surface area contributed by atoms with Crippen molar-refractivity contribution in [1.82, 2.24) is 0 Å². The second-order valence-electron chi connectivity index (χ2n) is 2.41. The first kappa shape index (κ1) is 5.54. The van der Waals surface area contributed by atoms with Crippen LogP contribution >= 0.6 is 0 Å². The summed E-state index contributed by atoms with van der Waals surface area (Å²) in [6.07, 6.45) is 5.46. The molecule has 1 unspecified atom stereocenters. The van der Waals surface area contributed by atoms with E-state index in [-0.39, 0.29) is 5.78 Å². The van der Waals surface area contributed by atoms with Gasteiger partial charge in [0.2, 0.25) is 0 Å². The van der Waals surface area contributed by atoms with Crippen LogP contribution in [0.15, 0.2) is 12.2 Å². The molecule has 0 aromatic rings. The van der Waals surface area contributed by atoms with Crippen LogP contribution in [0.3, 0.4) is 0 Å². The lowest BCUT2D eigenvalue weighted by Gasteiger charge is -2.08. The van der Waals surface area contributed by atoms with Crippen molar-refractivity contribution >= 4 is 5.78 Å². The molecule has 0 aromatic carbocycles. The van der Waals surface area contributed by atoms with Crippen molar-refractivity contribution in [1.29, 1.82) is 0 Å². The van der Waals surface area contributed by atoms with Crippen LogP contribution in [0.25, 0.3) is 0 Å². The highest BCUT2D eigenvalue weighted by Crippen LogP contribution is 2.13. The molecule has 1 aliphatic carbocycles. The average molecular weight is 110 g/mol. The third kappa shape index (κ3) is 1.19. The van der Waals surface area contributed by atoms with Crippen LogP contribution in [0.1, 0.15) is 19.8 Å². The number of rotatable bonds is 0. The van der Waals surface area contributed by atoms with Gasteiger partial charge in [0.1, 0.15) is 0 Å². The summed E-state index contributed by atoms with van der Waals surface area (Å²) in [5, 5.41) is 0. The van der Waals surface area contributed by atoms with Gasteiger partial charge in [0.25, 0.3) is 0 Å². The minimum atomic E-state index is 0.281. The molecule has 0 fully saturated rings. The lowest BCUT2D eigenvalue weighted by Crippen LogP contribution is -2.05. The lowest BCUT2D eigenvalue weighted by atomic mass is 9.96. The van der Waals surface area contributed by atoms with E-state index in [1.165, 1.54) is 0 Å². The summed E-state index contributed by atoms with van der Waals surface area (Å²) in [6.45, 7) is 2.10. The van der Waals surface area contributed by atoms with E-state index in [9.17, 15) is 4.79 Å². The van der Waals surface area contributed by atoms with Gasteiger partial charge in [0.05, 0.1) is 0 Å². The Hall–Kier alpha value is -0.590. The van der Waals surface area contributed by atoms with E-state index in [1.807, 2.05) is 6.08 Å². The van der Waals surface area contributed by atoms with Crippen molar-refractivity contribution in [3.8, 4) is 0 Å². The molecule has 0 radical (unpaired) electrons. The SMILES string of the molecule is CC1CC=CC(=O)C1. The quantitative estimate of drug-likeness (QED) is 0.462. The van der Waals surface area contributed by atoms with E-state index in [0.29, 0.717) is 5.92 Å². The highest BCUT2D eigenvalue weighted by molar-refractivity contribution is 5.90. The first-order valence-corrected chi connectivity index (χ1v) is 2.98. The first-order valence-electron chi connectivity index (χ1n) is 2.98. The van der Waals surface area contributed by atoms with Crippen molar-refractivity contribution in [3.63, 3.8) is 0 Å². The molecule has 0 saturated carbocycles. The van der Waals surface area contributed by atoms with Crippen LogP contribution in [0.4, 0.5) is 0 Å². The summed E-state index contributed by atoms with van der Waals surface area (Å²) in [5.41, 5.74) is 0. The monoisotopic (exact) mass is 110 g/mol. The number of carbonyl (C=O) groups is 1. The van der Waals surface area contributed by atoms with Crippen LogP contribution in [-0.4, -0.2) is 5.78 Å². The average Bonchev–Trinajstić information content (AvgIpc) is 1.64. The first-order chi connectivity index (χ1) is 3.79. The standard InChI is InChI=1S/C7H10O/c1-6-3-2-4-7(8)5-6/h2,4,6H,3,5H2,1H3. The molecule has 8 heavy (non-hydrogen) atoms. The van der Waals surface area contributed by atoms with Crippen molar-refractivity contribution in [3.05, 3.63) is 12.2 Å². The van der Waals surface area contributed by atoms with E-state index in [1.54, 1.807) is 6.08 Å². The van der Waals surface area contributed by atoms with Gasteiger partial charge in [-0.25, -0.2) is 0 Å². The van der Waals surface area contributed by atoms with Gasteiger partial charge >= 0.3 is 0 Å². The van der Waals surface area contributed by atoms with Crippen molar-refractivity contribution in [2.45, 2.75) is 19.8 Å². The molecule has 1 heteroatoms. The number of hydrogen-bond acceptors (Lipinski definition) is 1. The zero-order valence-corrected chi connectivity index (χ0v) is 5.05. The van der Waals surface area contributed by atoms with Crippen LogP contribution < -0.4 is 0 Å².